The summed E-state index contributed by atoms with van der Waals surface area (Å²) in [4.78, 5) is 9.55. The summed E-state index contributed by atoms with van der Waals surface area (Å²) in [6.07, 6.45) is 0.814. The Morgan fingerprint density at radius 1 is 0.826 bits per heavy atom. The van der Waals surface area contributed by atoms with Crippen molar-refractivity contribution in [1.29, 1.82) is 0 Å². The lowest BCUT2D eigenvalue weighted by Crippen LogP contribution is -2.41. The molecule has 3 N–H and O–H groups in total. The maximum atomic E-state index is 6.23. The zero-order chi connectivity index (χ0) is 31.0. The van der Waals surface area contributed by atoms with Gasteiger partial charge in [-0.05, 0) is 58.8 Å². The van der Waals surface area contributed by atoms with Gasteiger partial charge >= 0.3 is 0 Å². The lowest BCUT2D eigenvalue weighted by Gasteiger charge is -2.28. The van der Waals surface area contributed by atoms with E-state index in [-0.39, 0.29) is 6.04 Å². The number of nitrogens with one attached hydrogen (secondary N) is 3. The average Bonchev–Trinajstić information content (AvgIpc) is 3.57. The third-order valence-corrected chi connectivity index (χ3v) is 7.66. The van der Waals surface area contributed by atoms with E-state index in [4.69, 9.17) is 19.2 Å². The van der Waals surface area contributed by atoms with Gasteiger partial charge in [-0.15, -0.1) is 0 Å². The maximum Gasteiger partial charge on any atom is 0.192 e. The molecular weight excluding hydrogens is 576 g/mol. The Hall–Kier alpha value is -5.83. The molecule has 9 nitrogen and oxygen atoms in total. The summed E-state index contributed by atoms with van der Waals surface area (Å²) in [6.45, 7) is 1.75. The van der Waals surface area contributed by atoms with Crippen LogP contribution in [0.3, 0.4) is 0 Å². The number of nitrogens with zero attached hydrogens (tertiary/aromatic N) is 3. The number of aliphatic imine (C=N–C) groups is 1. The molecule has 1 unspecified atom stereocenters. The number of H-pyrrole nitrogens is 1. The molecule has 0 fully saturated rings. The summed E-state index contributed by atoms with van der Waals surface area (Å²) < 4.78 is 17.9. The van der Waals surface area contributed by atoms with E-state index < -0.39 is 0 Å². The van der Waals surface area contributed by atoms with Gasteiger partial charge in [0.25, 0.3) is 0 Å². The predicted octanol–water partition coefficient (Wildman–Crippen LogP) is 7.09. The summed E-state index contributed by atoms with van der Waals surface area (Å²) in [7, 11) is 0. The first kappa shape index (κ1) is 28.9. The summed E-state index contributed by atoms with van der Waals surface area (Å²) >= 11 is 0. The molecule has 0 saturated carbocycles. The molecule has 46 heavy (non-hydrogen) atoms. The first-order valence-electron chi connectivity index (χ1n) is 15.4. The minimum atomic E-state index is 0.0424. The largest absolute Gasteiger partial charge is 0.493 e. The Morgan fingerprint density at radius 2 is 1.63 bits per heavy atom. The number of rotatable bonds is 10. The second-order valence-corrected chi connectivity index (χ2v) is 10.9. The van der Waals surface area contributed by atoms with E-state index in [9.17, 15) is 0 Å². The van der Waals surface area contributed by atoms with Gasteiger partial charge < -0.3 is 24.8 Å². The highest BCUT2D eigenvalue weighted by molar-refractivity contribution is 5.83. The van der Waals surface area contributed by atoms with E-state index in [2.05, 4.69) is 56.1 Å². The van der Waals surface area contributed by atoms with Gasteiger partial charge in [-0.25, -0.2) is 9.98 Å². The van der Waals surface area contributed by atoms with Gasteiger partial charge in [-0.2, -0.15) is 5.10 Å². The molecular formula is C37H34N6O3. The summed E-state index contributed by atoms with van der Waals surface area (Å²) in [5.74, 6) is 5.13. The summed E-state index contributed by atoms with van der Waals surface area (Å²) in [5.41, 5.74) is 2.12. The van der Waals surface area contributed by atoms with E-state index in [1.807, 2.05) is 91.0 Å². The smallest absolute Gasteiger partial charge is 0.192 e. The van der Waals surface area contributed by atoms with Crippen LogP contribution >= 0.6 is 0 Å². The second kappa shape index (κ2) is 13.9. The number of hydrogen-bond donors (Lipinski definition) is 3. The number of aromatic amines is 1. The Labute approximate surface area is 267 Å². The van der Waals surface area contributed by atoms with Crippen molar-refractivity contribution in [2.75, 3.05) is 6.61 Å². The van der Waals surface area contributed by atoms with E-state index >= 15 is 0 Å². The van der Waals surface area contributed by atoms with Gasteiger partial charge in [0.05, 0.1) is 25.7 Å². The monoisotopic (exact) mass is 610 g/mol. The third kappa shape index (κ3) is 7.27. The molecule has 1 aliphatic rings. The predicted molar refractivity (Wildman–Crippen MR) is 178 cm³/mol. The number of hydrogen-bond acceptors (Lipinski definition) is 6. The summed E-state index contributed by atoms with van der Waals surface area (Å²) in [5, 5.41) is 16.7. The zero-order valence-corrected chi connectivity index (χ0v) is 25.2. The number of guanidine groups is 1. The Morgan fingerprint density at radius 3 is 2.57 bits per heavy atom. The Bertz CT molecular complexity index is 1940. The van der Waals surface area contributed by atoms with Crippen molar-refractivity contribution in [2.45, 2.75) is 32.2 Å². The number of aromatic nitrogens is 3. The molecule has 0 bridgehead atoms. The van der Waals surface area contributed by atoms with E-state index in [1.165, 1.54) is 5.39 Å². The van der Waals surface area contributed by atoms with Crippen molar-refractivity contribution < 1.29 is 14.2 Å². The Balaban J connectivity index is 1.05. The SMILES string of the molecule is c1ccc(OCc2nc(CNC(=NCc3cccc(Oc4ccc5ccccc5c4)c3)NC3CCOc4ccccc43)n[nH]2)cc1. The van der Waals surface area contributed by atoms with Crippen molar-refractivity contribution in [3.8, 4) is 23.0 Å². The summed E-state index contributed by atoms with van der Waals surface area (Å²) in [6, 6.07) is 40.2. The van der Waals surface area contributed by atoms with Gasteiger partial charge in [0.15, 0.2) is 17.6 Å². The van der Waals surface area contributed by atoms with Crippen LogP contribution in [0.5, 0.6) is 23.0 Å². The molecule has 1 aromatic heterocycles. The van der Waals surface area contributed by atoms with Gasteiger partial charge in [-0.3, -0.25) is 5.10 Å². The number of ether oxygens (including phenoxy) is 3. The standard InChI is InChI=1S/C37H34N6O3/c1-2-12-29(13-3-1)45-25-36-41-35(42-43-36)24-39-37(40-33-19-20-44-34-16-7-6-15-32(33)34)38-23-26-9-8-14-30(21-26)46-31-18-17-27-10-4-5-11-28(27)22-31/h1-18,21-22,33H,19-20,23-25H2,(H2,38,39,40)(H,41,42,43). The average molecular weight is 611 g/mol. The highest BCUT2D eigenvalue weighted by Crippen LogP contribution is 2.31. The highest BCUT2D eigenvalue weighted by Gasteiger charge is 2.22. The molecule has 6 aromatic rings. The van der Waals surface area contributed by atoms with Gasteiger partial charge in [0.2, 0.25) is 0 Å². The quantitative estimate of drug-likeness (QED) is 0.112. The van der Waals surface area contributed by atoms with Gasteiger partial charge in [-0.1, -0.05) is 78.9 Å². The molecule has 230 valence electrons. The molecule has 1 aliphatic heterocycles. The minimum absolute atomic E-state index is 0.0424. The van der Waals surface area contributed by atoms with Crippen molar-refractivity contribution in [3.63, 3.8) is 0 Å². The molecule has 0 aliphatic carbocycles. The lowest BCUT2D eigenvalue weighted by molar-refractivity contribution is 0.261. The van der Waals surface area contributed by atoms with Crippen LogP contribution in [0.1, 0.15) is 35.2 Å². The molecule has 7 rings (SSSR count). The van der Waals surface area contributed by atoms with Crippen LogP contribution in [-0.2, 0) is 19.7 Å². The molecule has 5 aromatic carbocycles. The molecule has 1 atom stereocenters. The van der Waals surface area contributed by atoms with Crippen molar-refractivity contribution >= 4 is 16.7 Å². The molecule has 9 heteroatoms. The lowest BCUT2D eigenvalue weighted by atomic mass is 10.0. The fourth-order valence-electron chi connectivity index (χ4n) is 5.36. The van der Waals surface area contributed by atoms with Crippen LogP contribution in [0.4, 0.5) is 0 Å². The molecule has 2 heterocycles. The Kier molecular flexibility index (Phi) is 8.71. The van der Waals surface area contributed by atoms with E-state index in [1.54, 1.807) is 0 Å². The molecule has 0 amide bonds. The first-order chi connectivity index (χ1) is 22.7. The van der Waals surface area contributed by atoms with Crippen LogP contribution in [-0.4, -0.2) is 27.7 Å². The van der Waals surface area contributed by atoms with E-state index in [0.29, 0.717) is 43.9 Å². The number of benzene rings is 5. The van der Waals surface area contributed by atoms with Crippen molar-refractivity contribution in [3.05, 3.63) is 144 Å². The van der Waals surface area contributed by atoms with Crippen molar-refractivity contribution in [1.82, 2.24) is 25.8 Å². The van der Waals surface area contributed by atoms with Crippen LogP contribution in [0, 0.1) is 0 Å². The van der Waals surface area contributed by atoms with Gasteiger partial charge in [0, 0.05) is 12.0 Å². The fraction of sp³-hybridized carbons (Fsp3) is 0.162. The van der Waals surface area contributed by atoms with E-state index in [0.717, 1.165) is 45.9 Å². The fourth-order valence-corrected chi connectivity index (χ4v) is 5.36. The molecule has 0 radical (unpaired) electrons. The normalized spacial score (nSPS) is 14.3. The number of para-hydroxylation sites is 2. The second-order valence-electron chi connectivity index (χ2n) is 10.9. The maximum absolute atomic E-state index is 6.23. The third-order valence-electron chi connectivity index (χ3n) is 7.66. The van der Waals surface area contributed by atoms with Crippen LogP contribution in [0.2, 0.25) is 0 Å². The molecule has 0 saturated heterocycles. The van der Waals surface area contributed by atoms with Crippen LogP contribution in [0.25, 0.3) is 10.8 Å². The van der Waals surface area contributed by atoms with Crippen molar-refractivity contribution in [2.24, 2.45) is 4.99 Å². The van der Waals surface area contributed by atoms with Crippen LogP contribution < -0.4 is 24.8 Å². The minimum Gasteiger partial charge on any atom is -0.493 e. The van der Waals surface area contributed by atoms with Crippen LogP contribution in [0.15, 0.2) is 126 Å². The molecule has 0 spiro atoms. The topological polar surface area (TPSA) is 106 Å². The first-order valence-corrected chi connectivity index (χ1v) is 15.4. The zero-order valence-electron chi connectivity index (χ0n) is 25.2. The van der Waals surface area contributed by atoms with Gasteiger partial charge in [0.1, 0.15) is 29.6 Å². The number of fused-ring (bicyclic) bond motifs is 2. The highest BCUT2D eigenvalue weighted by atomic mass is 16.5.